The molecule has 0 saturated heterocycles. The zero-order chi connectivity index (χ0) is 14.1. The molecule has 5 heteroatoms. The molecule has 3 rings (SSSR count). The van der Waals surface area contributed by atoms with Gasteiger partial charge in [-0.1, -0.05) is 23.7 Å². The molecule has 0 bridgehead atoms. The van der Waals surface area contributed by atoms with Crippen molar-refractivity contribution in [3.63, 3.8) is 0 Å². The van der Waals surface area contributed by atoms with Crippen molar-refractivity contribution in [1.82, 2.24) is 4.98 Å². The number of ether oxygens (including phenoxy) is 1. The van der Waals surface area contributed by atoms with Crippen molar-refractivity contribution in [3.05, 3.63) is 53.1 Å². The summed E-state index contributed by atoms with van der Waals surface area (Å²) in [5.74, 6) is -0.339. The van der Waals surface area contributed by atoms with Crippen molar-refractivity contribution in [3.8, 4) is 10.6 Å². The molecular formula is C15H10ClNO2S. The minimum atomic E-state index is -0.339. The second kappa shape index (κ2) is 5.23. The number of nitrogens with zero attached hydrogens (tertiary/aromatic N) is 1. The first-order valence-electron chi connectivity index (χ1n) is 5.92. The monoisotopic (exact) mass is 303 g/mol. The van der Waals surface area contributed by atoms with Crippen molar-refractivity contribution in [2.75, 3.05) is 7.11 Å². The average molecular weight is 304 g/mol. The third-order valence-electron chi connectivity index (χ3n) is 2.90. The van der Waals surface area contributed by atoms with E-state index in [1.807, 2.05) is 30.3 Å². The van der Waals surface area contributed by atoms with Crippen LogP contribution < -0.4 is 0 Å². The van der Waals surface area contributed by atoms with Crippen LogP contribution in [0.2, 0.25) is 5.02 Å². The van der Waals surface area contributed by atoms with E-state index >= 15 is 0 Å². The van der Waals surface area contributed by atoms with Gasteiger partial charge in [0.15, 0.2) is 0 Å². The summed E-state index contributed by atoms with van der Waals surface area (Å²) in [6.07, 6.45) is 0. The highest BCUT2D eigenvalue weighted by atomic mass is 35.5. The van der Waals surface area contributed by atoms with Gasteiger partial charge in [-0.15, -0.1) is 11.3 Å². The van der Waals surface area contributed by atoms with E-state index in [0.29, 0.717) is 10.6 Å². The lowest BCUT2D eigenvalue weighted by atomic mass is 10.2. The Morgan fingerprint density at radius 1 is 1.20 bits per heavy atom. The normalized spacial score (nSPS) is 10.7. The molecule has 3 aromatic rings. The number of benzene rings is 2. The van der Waals surface area contributed by atoms with Crippen molar-refractivity contribution in [2.45, 2.75) is 0 Å². The maximum absolute atomic E-state index is 11.5. The summed E-state index contributed by atoms with van der Waals surface area (Å²) < 4.78 is 5.68. The van der Waals surface area contributed by atoms with Gasteiger partial charge < -0.3 is 4.74 Å². The number of fused-ring (bicyclic) bond motifs is 1. The number of rotatable bonds is 2. The summed E-state index contributed by atoms with van der Waals surface area (Å²) in [6.45, 7) is 0. The van der Waals surface area contributed by atoms with Crippen LogP contribution in [0.5, 0.6) is 0 Å². The summed E-state index contributed by atoms with van der Waals surface area (Å²) >= 11 is 7.42. The first-order valence-corrected chi connectivity index (χ1v) is 7.11. The number of aromatic nitrogens is 1. The number of halogens is 1. The third kappa shape index (κ3) is 2.40. The number of carbonyl (C=O) groups is 1. The van der Waals surface area contributed by atoms with Gasteiger partial charge in [0.2, 0.25) is 0 Å². The highest BCUT2D eigenvalue weighted by Gasteiger charge is 2.10. The molecule has 0 fully saturated rings. The fourth-order valence-electron chi connectivity index (χ4n) is 1.89. The predicted octanol–water partition coefficient (Wildman–Crippen LogP) is 4.40. The van der Waals surface area contributed by atoms with Gasteiger partial charge >= 0.3 is 5.97 Å². The molecule has 0 aliphatic rings. The van der Waals surface area contributed by atoms with E-state index in [1.165, 1.54) is 18.4 Å². The fraction of sp³-hybridized carbons (Fsp3) is 0.0667. The minimum Gasteiger partial charge on any atom is -0.465 e. The molecule has 0 amide bonds. The first kappa shape index (κ1) is 13.1. The summed E-state index contributed by atoms with van der Waals surface area (Å²) in [5.41, 5.74) is 2.41. The van der Waals surface area contributed by atoms with Crippen molar-refractivity contribution in [2.24, 2.45) is 0 Å². The molecule has 0 atom stereocenters. The summed E-state index contributed by atoms with van der Waals surface area (Å²) in [5, 5.41) is 1.60. The highest BCUT2D eigenvalue weighted by molar-refractivity contribution is 7.21. The van der Waals surface area contributed by atoms with Crippen LogP contribution in [0.4, 0.5) is 0 Å². The smallest absolute Gasteiger partial charge is 0.337 e. The molecule has 20 heavy (non-hydrogen) atoms. The van der Waals surface area contributed by atoms with Crippen LogP contribution in [0.25, 0.3) is 20.8 Å². The molecule has 0 spiro atoms. The highest BCUT2D eigenvalue weighted by Crippen LogP contribution is 2.31. The molecule has 0 saturated carbocycles. The van der Waals surface area contributed by atoms with Gasteiger partial charge in [0.25, 0.3) is 0 Å². The Morgan fingerprint density at radius 2 is 1.95 bits per heavy atom. The molecule has 2 aromatic carbocycles. The van der Waals surface area contributed by atoms with E-state index in [2.05, 4.69) is 4.98 Å². The van der Waals surface area contributed by atoms with E-state index in [9.17, 15) is 4.79 Å². The van der Waals surface area contributed by atoms with Gasteiger partial charge in [0, 0.05) is 10.6 Å². The Labute approximate surface area is 124 Å². The second-order valence-corrected chi connectivity index (χ2v) is 5.67. The van der Waals surface area contributed by atoms with Gasteiger partial charge in [-0.3, -0.25) is 0 Å². The van der Waals surface area contributed by atoms with Crippen LogP contribution in [0.1, 0.15) is 10.4 Å². The first-order chi connectivity index (χ1) is 9.67. The molecule has 0 N–H and O–H groups in total. The molecule has 1 aromatic heterocycles. The molecule has 3 nitrogen and oxygen atoms in total. The third-order valence-corrected chi connectivity index (χ3v) is 4.22. The van der Waals surface area contributed by atoms with Crippen LogP contribution >= 0.6 is 22.9 Å². The average Bonchev–Trinajstić information content (AvgIpc) is 2.90. The number of hydrogen-bond donors (Lipinski definition) is 0. The molecule has 1 heterocycles. The SMILES string of the molecule is COC(=O)c1ccc2nc(-c3ccc(Cl)cc3)sc2c1. The van der Waals surface area contributed by atoms with Crippen molar-refractivity contribution < 1.29 is 9.53 Å². The lowest BCUT2D eigenvalue weighted by Gasteiger charge is -1.97. The standard InChI is InChI=1S/C15H10ClNO2S/c1-19-15(18)10-4-7-12-13(8-10)20-14(17-12)9-2-5-11(16)6-3-9/h2-8H,1H3. The Bertz CT molecular complexity index is 780. The Morgan fingerprint density at radius 3 is 2.65 bits per heavy atom. The fourth-order valence-corrected chi connectivity index (χ4v) is 3.02. The second-order valence-electron chi connectivity index (χ2n) is 4.20. The lowest BCUT2D eigenvalue weighted by Crippen LogP contribution is -1.99. The zero-order valence-electron chi connectivity index (χ0n) is 10.6. The Balaban J connectivity index is 2.06. The van der Waals surface area contributed by atoms with Gasteiger partial charge in [-0.2, -0.15) is 0 Å². The number of esters is 1. The summed E-state index contributed by atoms with van der Waals surface area (Å²) in [4.78, 5) is 16.1. The molecule has 0 radical (unpaired) electrons. The van der Waals surface area contributed by atoms with Gasteiger partial charge in [0.1, 0.15) is 5.01 Å². The van der Waals surface area contributed by atoms with Gasteiger partial charge in [0.05, 0.1) is 22.9 Å². The maximum atomic E-state index is 11.5. The maximum Gasteiger partial charge on any atom is 0.337 e. The van der Waals surface area contributed by atoms with E-state index < -0.39 is 0 Å². The van der Waals surface area contributed by atoms with Crippen molar-refractivity contribution >= 4 is 39.1 Å². The minimum absolute atomic E-state index is 0.339. The quantitative estimate of drug-likeness (QED) is 0.659. The molecule has 0 unspecified atom stereocenters. The van der Waals surface area contributed by atoms with Crippen LogP contribution in [0, 0.1) is 0 Å². The molecular weight excluding hydrogens is 294 g/mol. The topological polar surface area (TPSA) is 39.2 Å². The van der Waals surface area contributed by atoms with E-state index in [0.717, 1.165) is 20.8 Å². The van der Waals surface area contributed by atoms with Gasteiger partial charge in [-0.25, -0.2) is 9.78 Å². The Kier molecular flexibility index (Phi) is 3.42. The van der Waals surface area contributed by atoms with Gasteiger partial charge in [-0.05, 0) is 30.3 Å². The van der Waals surface area contributed by atoms with E-state index in [1.54, 1.807) is 12.1 Å². The number of hydrogen-bond acceptors (Lipinski definition) is 4. The lowest BCUT2D eigenvalue weighted by molar-refractivity contribution is 0.0601. The van der Waals surface area contributed by atoms with E-state index in [-0.39, 0.29) is 5.97 Å². The van der Waals surface area contributed by atoms with Crippen LogP contribution in [-0.2, 0) is 4.74 Å². The van der Waals surface area contributed by atoms with Crippen molar-refractivity contribution in [1.29, 1.82) is 0 Å². The number of methoxy groups -OCH3 is 1. The van der Waals surface area contributed by atoms with Crippen LogP contribution in [0.3, 0.4) is 0 Å². The molecule has 0 aliphatic carbocycles. The largest absolute Gasteiger partial charge is 0.465 e. The molecule has 100 valence electrons. The number of thiazole rings is 1. The number of carbonyl (C=O) groups excluding carboxylic acids is 1. The molecule has 0 aliphatic heterocycles. The van der Waals surface area contributed by atoms with Crippen LogP contribution in [0.15, 0.2) is 42.5 Å². The summed E-state index contributed by atoms with van der Waals surface area (Å²) in [7, 11) is 1.37. The summed E-state index contributed by atoms with van der Waals surface area (Å²) in [6, 6.07) is 12.9. The predicted molar refractivity (Wildman–Crippen MR) is 81.4 cm³/mol. The van der Waals surface area contributed by atoms with E-state index in [4.69, 9.17) is 16.3 Å². The zero-order valence-corrected chi connectivity index (χ0v) is 12.2. The van der Waals surface area contributed by atoms with Crippen LogP contribution in [-0.4, -0.2) is 18.1 Å². The Hall–Kier alpha value is -1.91.